The molecule has 0 bridgehead atoms. The molecule has 2 aliphatic heterocycles. The van der Waals surface area contributed by atoms with Crippen molar-refractivity contribution >= 4 is 28.7 Å². The van der Waals surface area contributed by atoms with Gasteiger partial charge in [-0.25, -0.2) is 0 Å². The largest absolute Gasteiger partial charge is 0.454 e. The topological polar surface area (TPSA) is 64.6 Å². The highest BCUT2D eigenvalue weighted by atomic mass is 32.2. The van der Waals surface area contributed by atoms with Gasteiger partial charge in [-0.3, -0.25) is 14.8 Å². The van der Waals surface area contributed by atoms with Crippen LogP contribution in [0.1, 0.15) is 27.6 Å². The van der Waals surface area contributed by atoms with E-state index < -0.39 is 0 Å². The average molecular weight is 393 g/mol. The molecule has 1 unspecified atom stereocenters. The van der Waals surface area contributed by atoms with Gasteiger partial charge in [-0.1, -0.05) is 6.07 Å². The van der Waals surface area contributed by atoms with Crippen LogP contribution in [0.4, 0.5) is 0 Å². The zero-order valence-corrected chi connectivity index (χ0v) is 16.0. The second kappa shape index (κ2) is 7.31. The summed E-state index contributed by atoms with van der Waals surface area (Å²) in [4.78, 5) is 23.5. The molecule has 0 spiro atoms. The quantitative estimate of drug-likeness (QED) is 0.662. The Kier molecular flexibility index (Phi) is 4.52. The number of carbonyl (C=O) groups is 1. The van der Waals surface area contributed by atoms with E-state index in [1.54, 1.807) is 12.4 Å². The van der Waals surface area contributed by atoms with Gasteiger partial charge >= 0.3 is 0 Å². The van der Waals surface area contributed by atoms with Crippen LogP contribution in [0.3, 0.4) is 0 Å². The fraction of sp³-hybridized carbons (Fsp3) is 0.286. The van der Waals surface area contributed by atoms with Crippen LogP contribution in [-0.4, -0.2) is 46.4 Å². The molecule has 3 heterocycles. The lowest BCUT2D eigenvalue weighted by Gasteiger charge is -2.20. The molecule has 2 aliphatic rings. The summed E-state index contributed by atoms with van der Waals surface area (Å²) >= 11 is 1.89. The van der Waals surface area contributed by atoms with Crippen molar-refractivity contribution in [3.8, 4) is 11.5 Å². The van der Waals surface area contributed by atoms with Crippen LogP contribution in [0, 0.1) is 0 Å². The van der Waals surface area contributed by atoms with E-state index >= 15 is 0 Å². The van der Waals surface area contributed by atoms with Crippen molar-refractivity contribution in [1.29, 1.82) is 0 Å². The minimum atomic E-state index is 0.0551. The first-order valence-electron chi connectivity index (χ1n) is 9.29. The molecule has 0 aliphatic carbocycles. The summed E-state index contributed by atoms with van der Waals surface area (Å²) in [6.45, 7) is 1.75. The van der Waals surface area contributed by atoms with Crippen molar-refractivity contribution in [2.24, 2.45) is 0 Å². The van der Waals surface area contributed by atoms with Gasteiger partial charge in [0.25, 0.3) is 5.91 Å². The van der Waals surface area contributed by atoms with Crippen molar-refractivity contribution in [2.45, 2.75) is 11.7 Å². The zero-order valence-electron chi connectivity index (χ0n) is 15.2. The summed E-state index contributed by atoms with van der Waals surface area (Å²) in [6.07, 6.45) is 4.21. The third-order valence-corrected chi connectivity index (χ3v) is 6.44. The van der Waals surface area contributed by atoms with Crippen molar-refractivity contribution in [2.75, 3.05) is 25.6 Å². The Morgan fingerprint density at radius 3 is 2.79 bits per heavy atom. The zero-order chi connectivity index (χ0) is 18.9. The number of fused-ring (bicyclic) bond motifs is 2. The molecule has 1 saturated heterocycles. The summed E-state index contributed by atoms with van der Waals surface area (Å²) in [7, 11) is 0. The number of hydrogen-bond acceptors (Lipinski definition) is 6. The molecule has 6 nitrogen and oxygen atoms in total. The van der Waals surface area contributed by atoms with Crippen molar-refractivity contribution in [1.82, 2.24) is 14.9 Å². The minimum absolute atomic E-state index is 0.0551. The summed E-state index contributed by atoms with van der Waals surface area (Å²) in [6, 6.07) is 11.7. The van der Waals surface area contributed by atoms with Crippen LogP contribution >= 0.6 is 11.8 Å². The van der Waals surface area contributed by atoms with E-state index in [2.05, 4.69) is 22.1 Å². The summed E-state index contributed by atoms with van der Waals surface area (Å²) in [5, 5.41) is 0.342. The molecule has 0 radical (unpaired) electrons. The van der Waals surface area contributed by atoms with Gasteiger partial charge in [0.15, 0.2) is 11.5 Å². The molecular weight excluding hydrogens is 374 g/mol. The maximum absolute atomic E-state index is 13.0. The van der Waals surface area contributed by atoms with Crippen LogP contribution < -0.4 is 9.47 Å². The predicted octanol–water partition coefficient (Wildman–Crippen LogP) is 3.68. The number of ether oxygens (including phenoxy) is 2. The monoisotopic (exact) mass is 393 g/mol. The van der Waals surface area contributed by atoms with E-state index in [1.165, 1.54) is 5.56 Å². The first-order valence-corrected chi connectivity index (χ1v) is 10.3. The molecular formula is C21H19N3O3S. The van der Waals surface area contributed by atoms with Crippen molar-refractivity contribution < 1.29 is 14.3 Å². The van der Waals surface area contributed by atoms with Gasteiger partial charge in [-0.15, -0.1) is 0 Å². The van der Waals surface area contributed by atoms with Gasteiger partial charge in [-0.05, 0) is 42.3 Å². The molecule has 7 heteroatoms. The standard InChI is InChI=1S/C21H19N3O3S/c25-21(15-1-3-16-17(11-15)23-7-6-22-16)24-8-5-20(28-10-9-24)14-2-4-18-19(12-14)27-13-26-18/h1-4,6-7,11-12,20H,5,8-10,13H2. The van der Waals surface area contributed by atoms with Crippen LogP contribution in [0.25, 0.3) is 11.0 Å². The van der Waals surface area contributed by atoms with Crippen LogP contribution in [0.5, 0.6) is 11.5 Å². The van der Waals surface area contributed by atoms with Gasteiger partial charge in [0.1, 0.15) is 0 Å². The van der Waals surface area contributed by atoms with E-state index in [1.807, 2.05) is 40.9 Å². The summed E-state index contributed by atoms with van der Waals surface area (Å²) in [5.41, 5.74) is 3.44. The Balaban J connectivity index is 1.31. The van der Waals surface area contributed by atoms with Gasteiger partial charge in [0.05, 0.1) is 11.0 Å². The average Bonchev–Trinajstić information content (AvgIpc) is 3.07. The van der Waals surface area contributed by atoms with Crippen molar-refractivity contribution in [3.05, 3.63) is 59.9 Å². The third-order valence-electron chi connectivity index (χ3n) is 5.11. The lowest BCUT2D eigenvalue weighted by molar-refractivity contribution is 0.0766. The highest BCUT2D eigenvalue weighted by Crippen LogP contribution is 2.40. The van der Waals surface area contributed by atoms with Gasteiger partial charge in [-0.2, -0.15) is 11.8 Å². The highest BCUT2D eigenvalue weighted by Gasteiger charge is 2.24. The molecule has 28 heavy (non-hydrogen) atoms. The van der Waals surface area contributed by atoms with Crippen molar-refractivity contribution in [3.63, 3.8) is 0 Å². The van der Waals surface area contributed by atoms with Crippen LogP contribution in [0.15, 0.2) is 48.8 Å². The number of carbonyl (C=O) groups excluding carboxylic acids is 1. The first kappa shape index (κ1) is 17.3. The van der Waals surface area contributed by atoms with E-state index in [9.17, 15) is 4.79 Å². The van der Waals surface area contributed by atoms with E-state index in [0.717, 1.165) is 47.8 Å². The summed E-state index contributed by atoms with van der Waals surface area (Å²) < 4.78 is 10.9. The van der Waals surface area contributed by atoms with Gasteiger partial charge < -0.3 is 14.4 Å². The molecule has 3 aromatic rings. The number of rotatable bonds is 2. The lowest BCUT2D eigenvalue weighted by Crippen LogP contribution is -2.32. The Morgan fingerprint density at radius 2 is 1.86 bits per heavy atom. The maximum atomic E-state index is 13.0. The first-order chi connectivity index (χ1) is 13.8. The Bertz CT molecular complexity index is 1040. The van der Waals surface area contributed by atoms with E-state index in [4.69, 9.17) is 9.47 Å². The number of benzene rings is 2. The fourth-order valence-electron chi connectivity index (χ4n) is 3.63. The van der Waals surface area contributed by atoms with Gasteiger partial charge in [0.2, 0.25) is 6.79 Å². The molecule has 0 N–H and O–H groups in total. The number of aromatic nitrogens is 2. The third kappa shape index (κ3) is 3.26. The Hall–Kier alpha value is -2.80. The number of nitrogens with zero attached hydrogens (tertiary/aromatic N) is 3. The van der Waals surface area contributed by atoms with Crippen LogP contribution in [0.2, 0.25) is 0 Å². The molecule has 2 aromatic carbocycles. The molecule has 1 amide bonds. The SMILES string of the molecule is O=C(c1ccc2nccnc2c1)N1CCSC(c2ccc3c(c2)OCO3)CC1. The predicted molar refractivity (Wildman–Crippen MR) is 108 cm³/mol. The summed E-state index contributed by atoms with van der Waals surface area (Å²) in [5.74, 6) is 2.57. The Morgan fingerprint density at radius 1 is 1.00 bits per heavy atom. The van der Waals surface area contributed by atoms with Gasteiger partial charge in [0, 0.05) is 42.0 Å². The fourth-order valence-corrected chi connectivity index (χ4v) is 4.85. The molecule has 5 rings (SSSR count). The number of hydrogen-bond donors (Lipinski definition) is 0. The number of amides is 1. The number of thioether (sulfide) groups is 1. The molecule has 0 saturated carbocycles. The van der Waals surface area contributed by atoms with Crippen LogP contribution in [-0.2, 0) is 0 Å². The maximum Gasteiger partial charge on any atom is 0.253 e. The highest BCUT2D eigenvalue weighted by molar-refractivity contribution is 7.99. The minimum Gasteiger partial charge on any atom is -0.454 e. The second-order valence-electron chi connectivity index (χ2n) is 6.81. The molecule has 1 fully saturated rings. The smallest absolute Gasteiger partial charge is 0.253 e. The molecule has 1 aromatic heterocycles. The normalized spacial score (nSPS) is 18.9. The lowest BCUT2D eigenvalue weighted by atomic mass is 10.1. The van der Waals surface area contributed by atoms with E-state index in [-0.39, 0.29) is 12.7 Å². The molecule has 142 valence electrons. The molecule has 1 atom stereocenters. The second-order valence-corrected chi connectivity index (χ2v) is 8.12. The Labute approximate surface area is 166 Å². The van der Waals surface area contributed by atoms with E-state index in [0.29, 0.717) is 10.8 Å².